The first kappa shape index (κ1) is 19.0. The van der Waals surface area contributed by atoms with E-state index in [1.807, 2.05) is 0 Å². The van der Waals surface area contributed by atoms with Crippen molar-refractivity contribution in [1.29, 1.82) is 0 Å². The van der Waals surface area contributed by atoms with E-state index in [2.05, 4.69) is 25.5 Å². The molecule has 3 amide bonds. The molecule has 2 N–H and O–H groups in total. The summed E-state index contributed by atoms with van der Waals surface area (Å²) in [5.41, 5.74) is 0.707. The number of carbonyl (C=O) groups is 2. The predicted octanol–water partition coefficient (Wildman–Crippen LogP) is 2.49. The molecule has 0 aromatic carbocycles. The lowest BCUT2D eigenvalue weighted by molar-refractivity contribution is 0.0220. The summed E-state index contributed by atoms with van der Waals surface area (Å²) >= 11 is 0. The van der Waals surface area contributed by atoms with Gasteiger partial charge >= 0.3 is 6.03 Å². The fourth-order valence-electron chi connectivity index (χ4n) is 3.53. The minimum Gasteiger partial charge on any atom is -0.366 e. The molecule has 2 aliphatic heterocycles. The summed E-state index contributed by atoms with van der Waals surface area (Å²) in [6, 6.07) is 7.85. The summed E-state index contributed by atoms with van der Waals surface area (Å²) in [7, 11) is 0. The zero-order chi connectivity index (χ0) is 20.6. The van der Waals surface area contributed by atoms with Crippen molar-refractivity contribution in [1.82, 2.24) is 15.3 Å². The maximum absolute atomic E-state index is 13.0. The number of amides is 3. The number of urea groups is 1. The number of carbonyl (C=O) groups excluding carboxylic acids is 2. The standard InChI is InChI=1S/C19H20F2N6O2/c1-19(20,21)11-23-17(28)13-5-6-14-16(24-13)27(12-7-9-26(14)10-12)18(29)25-15-4-2-3-8-22-15/h2-6,8,12H,7,9-11H2,1H3,(H,23,28)(H,22,25,29). The fourth-order valence-corrected chi connectivity index (χ4v) is 3.53. The molecule has 1 saturated heterocycles. The first-order chi connectivity index (χ1) is 13.8. The highest BCUT2D eigenvalue weighted by atomic mass is 19.3. The summed E-state index contributed by atoms with van der Waals surface area (Å²) < 4.78 is 26.1. The number of alkyl halides is 2. The van der Waals surface area contributed by atoms with E-state index in [9.17, 15) is 18.4 Å². The Kier molecular flexibility index (Phi) is 4.77. The number of hydrogen-bond acceptors (Lipinski definition) is 5. The van der Waals surface area contributed by atoms with E-state index in [1.165, 1.54) is 11.0 Å². The highest BCUT2D eigenvalue weighted by molar-refractivity contribution is 6.05. The predicted molar refractivity (Wildman–Crippen MR) is 104 cm³/mol. The third kappa shape index (κ3) is 3.96. The number of hydrogen-bond donors (Lipinski definition) is 2. The average Bonchev–Trinajstić information content (AvgIpc) is 3.10. The Labute approximate surface area is 165 Å². The number of pyridine rings is 2. The number of aromatic nitrogens is 2. The number of anilines is 3. The molecule has 4 rings (SSSR count). The molecule has 1 atom stereocenters. The first-order valence-electron chi connectivity index (χ1n) is 9.25. The van der Waals surface area contributed by atoms with Crippen LogP contribution in [0.1, 0.15) is 23.8 Å². The van der Waals surface area contributed by atoms with E-state index in [4.69, 9.17) is 0 Å². The molecule has 152 valence electrons. The molecule has 10 heteroatoms. The molecule has 1 fully saturated rings. The van der Waals surface area contributed by atoms with Crippen molar-refractivity contribution < 1.29 is 18.4 Å². The molecular formula is C19H20F2N6O2. The van der Waals surface area contributed by atoms with Gasteiger partial charge in [-0.2, -0.15) is 0 Å². The van der Waals surface area contributed by atoms with E-state index in [0.29, 0.717) is 18.2 Å². The van der Waals surface area contributed by atoms with Gasteiger partial charge in [0, 0.05) is 26.2 Å². The second-order valence-corrected chi connectivity index (χ2v) is 7.20. The van der Waals surface area contributed by atoms with Gasteiger partial charge in [-0.25, -0.2) is 23.5 Å². The first-order valence-corrected chi connectivity index (χ1v) is 9.25. The van der Waals surface area contributed by atoms with Crippen LogP contribution < -0.4 is 20.4 Å². The second kappa shape index (κ2) is 7.26. The zero-order valence-electron chi connectivity index (χ0n) is 15.7. The van der Waals surface area contributed by atoms with Crippen LogP contribution in [-0.2, 0) is 0 Å². The number of nitrogens with one attached hydrogen (secondary N) is 2. The minimum absolute atomic E-state index is 0.0221. The van der Waals surface area contributed by atoms with Crippen LogP contribution in [0.4, 0.5) is 30.9 Å². The molecule has 2 aliphatic rings. The highest BCUT2D eigenvalue weighted by Gasteiger charge is 2.40. The molecule has 0 radical (unpaired) electrons. The van der Waals surface area contributed by atoms with Crippen LogP contribution in [0.25, 0.3) is 0 Å². The minimum atomic E-state index is -3.02. The molecule has 2 bridgehead atoms. The van der Waals surface area contributed by atoms with Crippen molar-refractivity contribution in [3.63, 3.8) is 0 Å². The fraction of sp³-hybridized carbons (Fsp3) is 0.368. The lowest BCUT2D eigenvalue weighted by atomic mass is 10.1. The van der Waals surface area contributed by atoms with Gasteiger partial charge in [-0.15, -0.1) is 0 Å². The number of nitrogens with zero attached hydrogens (tertiary/aromatic N) is 4. The topological polar surface area (TPSA) is 90.5 Å². The van der Waals surface area contributed by atoms with Crippen molar-refractivity contribution in [2.45, 2.75) is 25.3 Å². The molecule has 1 unspecified atom stereocenters. The number of fused-ring (bicyclic) bond motifs is 4. The van der Waals surface area contributed by atoms with Crippen LogP contribution >= 0.6 is 0 Å². The summed E-state index contributed by atoms with van der Waals surface area (Å²) in [4.78, 5) is 37.3. The second-order valence-electron chi connectivity index (χ2n) is 7.20. The van der Waals surface area contributed by atoms with E-state index in [1.54, 1.807) is 30.5 Å². The van der Waals surface area contributed by atoms with Crippen molar-refractivity contribution >= 4 is 29.3 Å². The SMILES string of the molecule is CC(F)(F)CNC(=O)c1ccc2c(n1)N(C(=O)Nc1ccccn1)C1CCN2C1. The molecule has 0 spiro atoms. The van der Waals surface area contributed by atoms with E-state index < -0.39 is 24.4 Å². The van der Waals surface area contributed by atoms with Crippen LogP contribution in [-0.4, -0.2) is 53.5 Å². The Morgan fingerprint density at radius 3 is 2.83 bits per heavy atom. The van der Waals surface area contributed by atoms with Crippen molar-refractivity contribution in [2.75, 3.05) is 34.8 Å². The lowest BCUT2D eigenvalue weighted by Crippen LogP contribution is -2.48. The van der Waals surface area contributed by atoms with Crippen LogP contribution in [0, 0.1) is 0 Å². The third-order valence-electron chi connectivity index (χ3n) is 4.86. The van der Waals surface area contributed by atoms with E-state index in [0.717, 1.165) is 25.6 Å². The molecule has 0 aliphatic carbocycles. The van der Waals surface area contributed by atoms with Gasteiger partial charge in [0.05, 0.1) is 18.3 Å². The summed E-state index contributed by atoms with van der Waals surface area (Å²) in [5, 5.41) is 4.92. The number of halogens is 2. The highest BCUT2D eigenvalue weighted by Crippen LogP contribution is 2.39. The van der Waals surface area contributed by atoms with Crippen LogP contribution in [0.2, 0.25) is 0 Å². The van der Waals surface area contributed by atoms with Crippen molar-refractivity contribution in [3.05, 3.63) is 42.2 Å². The quantitative estimate of drug-likeness (QED) is 0.820. The summed E-state index contributed by atoms with van der Waals surface area (Å²) in [6.45, 7) is 1.36. The van der Waals surface area contributed by atoms with Crippen LogP contribution in [0.3, 0.4) is 0 Å². The van der Waals surface area contributed by atoms with Crippen LogP contribution in [0.5, 0.6) is 0 Å². The largest absolute Gasteiger partial charge is 0.366 e. The Hall–Kier alpha value is -3.30. The van der Waals surface area contributed by atoms with Crippen molar-refractivity contribution in [2.24, 2.45) is 0 Å². The smallest absolute Gasteiger partial charge is 0.329 e. The Balaban J connectivity index is 1.62. The molecule has 29 heavy (non-hydrogen) atoms. The molecule has 4 heterocycles. The molecule has 2 aromatic heterocycles. The van der Waals surface area contributed by atoms with Gasteiger partial charge in [0.1, 0.15) is 11.5 Å². The summed E-state index contributed by atoms with van der Waals surface area (Å²) in [6.07, 6.45) is 2.33. The van der Waals surface area contributed by atoms with Gasteiger partial charge in [-0.3, -0.25) is 15.0 Å². The number of rotatable bonds is 4. The zero-order valence-corrected chi connectivity index (χ0v) is 15.7. The monoisotopic (exact) mass is 402 g/mol. The van der Waals surface area contributed by atoms with Gasteiger partial charge in [-0.1, -0.05) is 6.07 Å². The third-order valence-corrected chi connectivity index (χ3v) is 4.86. The molecule has 8 nitrogen and oxygen atoms in total. The van der Waals surface area contributed by atoms with Gasteiger partial charge in [-0.05, 0) is 30.7 Å². The van der Waals surface area contributed by atoms with Gasteiger partial charge in [0.2, 0.25) is 0 Å². The van der Waals surface area contributed by atoms with Crippen molar-refractivity contribution in [3.8, 4) is 0 Å². The average molecular weight is 402 g/mol. The van der Waals surface area contributed by atoms with Crippen LogP contribution in [0.15, 0.2) is 36.5 Å². The molecular weight excluding hydrogens is 382 g/mol. The van der Waals surface area contributed by atoms with Gasteiger partial charge in [0.15, 0.2) is 5.82 Å². The van der Waals surface area contributed by atoms with Gasteiger partial charge in [0.25, 0.3) is 11.8 Å². The Bertz CT molecular complexity index is 934. The molecule has 2 aromatic rings. The Morgan fingerprint density at radius 1 is 1.28 bits per heavy atom. The Morgan fingerprint density at radius 2 is 2.10 bits per heavy atom. The van der Waals surface area contributed by atoms with E-state index >= 15 is 0 Å². The lowest BCUT2D eigenvalue weighted by Gasteiger charge is -2.35. The summed E-state index contributed by atoms with van der Waals surface area (Å²) in [5.74, 6) is -3.00. The normalized spacial score (nSPS) is 17.7. The van der Waals surface area contributed by atoms with E-state index in [-0.39, 0.29) is 11.7 Å². The molecule has 0 saturated carbocycles. The maximum Gasteiger partial charge on any atom is 0.329 e. The van der Waals surface area contributed by atoms with Gasteiger partial charge < -0.3 is 10.2 Å². The maximum atomic E-state index is 13.0.